The van der Waals surface area contributed by atoms with E-state index >= 15 is 0 Å². The molecule has 1 unspecified atom stereocenters. The quantitative estimate of drug-likeness (QED) is 0.904. The third kappa shape index (κ3) is 3.37. The standard InChI is InChI=1S/C14H18N4O.ClH/c1-10(9-15)18(2)14(19)13-8-12(16-17-13)11-6-4-3-5-7-11;/h3-8,10H,9,15H2,1-2H3,(H,16,17);1H. The first-order valence-electron chi connectivity index (χ1n) is 6.21. The van der Waals surface area contributed by atoms with Crippen molar-refractivity contribution in [3.63, 3.8) is 0 Å². The molecule has 0 aliphatic heterocycles. The van der Waals surface area contributed by atoms with E-state index in [9.17, 15) is 4.79 Å². The molecule has 1 aromatic heterocycles. The van der Waals surface area contributed by atoms with Gasteiger partial charge in [-0.2, -0.15) is 5.10 Å². The van der Waals surface area contributed by atoms with Gasteiger partial charge < -0.3 is 10.6 Å². The van der Waals surface area contributed by atoms with E-state index in [1.165, 1.54) is 0 Å². The number of rotatable bonds is 4. The molecule has 0 saturated heterocycles. The monoisotopic (exact) mass is 294 g/mol. The average molecular weight is 295 g/mol. The Morgan fingerprint density at radius 1 is 1.40 bits per heavy atom. The Labute approximate surface area is 124 Å². The van der Waals surface area contributed by atoms with E-state index in [1.54, 1.807) is 18.0 Å². The number of hydrogen-bond donors (Lipinski definition) is 2. The molecule has 1 aromatic carbocycles. The average Bonchev–Trinajstić information content (AvgIpc) is 2.95. The van der Waals surface area contributed by atoms with E-state index in [4.69, 9.17) is 5.73 Å². The van der Waals surface area contributed by atoms with Crippen molar-refractivity contribution < 1.29 is 4.79 Å². The minimum atomic E-state index is -0.104. The molecule has 5 nitrogen and oxygen atoms in total. The van der Waals surface area contributed by atoms with Gasteiger partial charge in [0.25, 0.3) is 5.91 Å². The van der Waals surface area contributed by atoms with Crippen LogP contribution in [0, 0.1) is 0 Å². The Kier molecular flexibility index (Phi) is 5.73. The summed E-state index contributed by atoms with van der Waals surface area (Å²) in [5, 5.41) is 6.95. The first kappa shape index (κ1) is 16.2. The number of nitrogens with two attached hydrogens (primary N) is 1. The largest absolute Gasteiger partial charge is 0.336 e. The molecule has 2 aromatic rings. The molecule has 1 atom stereocenters. The van der Waals surface area contributed by atoms with Gasteiger partial charge in [-0.3, -0.25) is 9.89 Å². The van der Waals surface area contributed by atoms with Gasteiger partial charge in [-0.1, -0.05) is 30.3 Å². The smallest absolute Gasteiger partial charge is 0.271 e. The highest BCUT2D eigenvalue weighted by molar-refractivity contribution is 5.93. The number of carbonyl (C=O) groups is 1. The van der Waals surface area contributed by atoms with Crippen molar-refractivity contribution in [1.82, 2.24) is 15.1 Å². The van der Waals surface area contributed by atoms with Crippen molar-refractivity contribution in [1.29, 1.82) is 0 Å². The lowest BCUT2D eigenvalue weighted by molar-refractivity contribution is 0.0742. The van der Waals surface area contributed by atoms with E-state index in [0.717, 1.165) is 11.3 Å². The number of hydrogen-bond acceptors (Lipinski definition) is 3. The maximum atomic E-state index is 12.2. The van der Waals surface area contributed by atoms with E-state index in [2.05, 4.69) is 10.2 Å². The zero-order valence-corrected chi connectivity index (χ0v) is 12.4. The molecule has 3 N–H and O–H groups in total. The SMILES string of the molecule is CC(CN)N(C)C(=O)c1cc(-c2ccccc2)n[nH]1.Cl. The summed E-state index contributed by atoms with van der Waals surface area (Å²) >= 11 is 0. The normalized spacial score (nSPS) is 11.6. The Balaban J connectivity index is 0.00000200. The Hall–Kier alpha value is -1.85. The van der Waals surface area contributed by atoms with Crippen molar-refractivity contribution in [2.45, 2.75) is 13.0 Å². The number of likely N-dealkylation sites (N-methyl/N-ethyl adjacent to an activating group) is 1. The van der Waals surface area contributed by atoms with E-state index in [1.807, 2.05) is 37.3 Å². The molecule has 0 spiro atoms. The molecule has 0 radical (unpaired) electrons. The van der Waals surface area contributed by atoms with Gasteiger partial charge in [-0.15, -0.1) is 12.4 Å². The summed E-state index contributed by atoms with van der Waals surface area (Å²) in [5.41, 5.74) is 7.78. The Morgan fingerprint density at radius 2 is 2.05 bits per heavy atom. The van der Waals surface area contributed by atoms with Crippen LogP contribution >= 0.6 is 12.4 Å². The molecule has 0 saturated carbocycles. The van der Waals surface area contributed by atoms with Crippen LogP contribution in [0.25, 0.3) is 11.3 Å². The molecule has 1 heterocycles. The van der Waals surface area contributed by atoms with Gasteiger partial charge >= 0.3 is 0 Å². The van der Waals surface area contributed by atoms with Crippen LogP contribution < -0.4 is 5.73 Å². The lowest BCUT2D eigenvalue weighted by atomic mass is 10.1. The summed E-state index contributed by atoms with van der Waals surface area (Å²) in [5.74, 6) is -0.104. The number of aromatic amines is 1. The van der Waals surface area contributed by atoms with Gasteiger partial charge in [0.05, 0.1) is 5.69 Å². The molecule has 0 bridgehead atoms. The van der Waals surface area contributed by atoms with Gasteiger partial charge in [0.2, 0.25) is 0 Å². The molecule has 20 heavy (non-hydrogen) atoms. The highest BCUT2D eigenvalue weighted by Gasteiger charge is 2.18. The van der Waals surface area contributed by atoms with Gasteiger partial charge in [0.15, 0.2) is 0 Å². The zero-order chi connectivity index (χ0) is 13.8. The Bertz CT molecular complexity index is 555. The predicted molar refractivity (Wildman–Crippen MR) is 81.9 cm³/mol. The molecule has 0 aliphatic rings. The van der Waals surface area contributed by atoms with Crippen LogP contribution in [-0.4, -0.2) is 40.6 Å². The van der Waals surface area contributed by atoms with Gasteiger partial charge in [-0.25, -0.2) is 0 Å². The van der Waals surface area contributed by atoms with Gasteiger partial charge in [-0.05, 0) is 13.0 Å². The molecular weight excluding hydrogens is 276 g/mol. The van der Waals surface area contributed by atoms with Crippen LogP contribution in [0.1, 0.15) is 17.4 Å². The summed E-state index contributed by atoms with van der Waals surface area (Å²) < 4.78 is 0. The lowest BCUT2D eigenvalue weighted by Crippen LogP contribution is -2.39. The minimum Gasteiger partial charge on any atom is -0.336 e. The highest BCUT2D eigenvalue weighted by atomic mass is 35.5. The summed E-state index contributed by atoms with van der Waals surface area (Å²) in [7, 11) is 1.74. The second-order valence-electron chi connectivity index (χ2n) is 4.53. The number of halogens is 1. The number of benzene rings is 1. The van der Waals surface area contributed by atoms with Crippen LogP contribution in [-0.2, 0) is 0 Å². The maximum Gasteiger partial charge on any atom is 0.271 e. The van der Waals surface area contributed by atoms with Gasteiger partial charge in [0, 0.05) is 25.2 Å². The summed E-state index contributed by atoms with van der Waals surface area (Å²) in [6.45, 7) is 2.34. The fourth-order valence-corrected chi connectivity index (χ4v) is 1.74. The fourth-order valence-electron chi connectivity index (χ4n) is 1.74. The van der Waals surface area contributed by atoms with Crippen LogP contribution in [0.3, 0.4) is 0 Å². The summed E-state index contributed by atoms with van der Waals surface area (Å²) in [6.07, 6.45) is 0. The number of H-pyrrole nitrogens is 1. The third-order valence-corrected chi connectivity index (χ3v) is 3.20. The first-order chi connectivity index (χ1) is 9.13. The van der Waals surface area contributed by atoms with E-state index in [0.29, 0.717) is 12.2 Å². The maximum absolute atomic E-state index is 12.2. The zero-order valence-electron chi connectivity index (χ0n) is 11.5. The number of nitrogens with one attached hydrogen (secondary N) is 1. The van der Waals surface area contributed by atoms with Crippen LogP contribution in [0.5, 0.6) is 0 Å². The third-order valence-electron chi connectivity index (χ3n) is 3.20. The number of carbonyl (C=O) groups excluding carboxylic acids is 1. The molecule has 0 aliphatic carbocycles. The second-order valence-corrected chi connectivity index (χ2v) is 4.53. The molecule has 1 amide bonds. The molecule has 6 heteroatoms. The van der Waals surface area contributed by atoms with E-state index in [-0.39, 0.29) is 24.4 Å². The number of aromatic nitrogens is 2. The molecular formula is C14H19ClN4O. The van der Waals surface area contributed by atoms with Crippen LogP contribution in [0.4, 0.5) is 0 Å². The van der Waals surface area contributed by atoms with E-state index < -0.39 is 0 Å². The molecule has 2 rings (SSSR count). The minimum absolute atomic E-state index is 0. The molecule has 0 fully saturated rings. The first-order valence-corrected chi connectivity index (χ1v) is 6.21. The van der Waals surface area contributed by atoms with Crippen LogP contribution in [0.15, 0.2) is 36.4 Å². The van der Waals surface area contributed by atoms with Crippen molar-refractivity contribution in [3.05, 3.63) is 42.1 Å². The van der Waals surface area contributed by atoms with Crippen molar-refractivity contribution >= 4 is 18.3 Å². The van der Waals surface area contributed by atoms with Crippen molar-refractivity contribution in [3.8, 4) is 11.3 Å². The van der Waals surface area contributed by atoms with Crippen molar-refractivity contribution in [2.24, 2.45) is 5.73 Å². The van der Waals surface area contributed by atoms with Crippen molar-refractivity contribution in [2.75, 3.05) is 13.6 Å². The fraction of sp³-hybridized carbons (Fsp3) is 0.286. The Morgan fingerprint density at radius 3 is 2.65 bits per heavy atom. The van der Waals surface area contributed by atoms with Crippen LogP contribution in [0.2, 0.25) is 0 Å². The summed E-state index contributed by atoms with van der Waals surface area (Å²) in [4.78, 5) is 13.8. The summed E-state index contributed by atoms with van der Waals surface area (Å²) in [6, 6.07) is 11.5. The lowest BCUT2D eigenvalue weighted by Gasteiger charge is -2.22. The molecule has 108 valence electrons. The highest BCUT2D eigenvalue weighted by Crippen LogP contribution is 2.17. The second kappa shape index (κ2) is 7.07. The topological polar surface area (TPSA) is 75.0 Å². The number of amides is 1. The number of nitrogens with zero attached hydrogens (tertiary/aromatic N) is 2. The predicted octanol–water partition coefficient (Wildman–Crippen LogP) is 1.92. The van der Waals surface area contributed by atoms with Gasteiger partial charge in [0.1, 0.15) is 5.69 Å².